The molecule has 1 aromatic heterocycles. The molecule has 34 heavy (non-hydrogen) atoms. The molecule has 3 aromatic carbocycles. The molecule has 6 nitrogen and oxygen atoms in total. The molecule has 2 amide bonds. The number of rotatable bonds is 4. The highest BCUT2D eigenvalue weighted by Crippen LogP contribution is 2.43. The molecule has 6 rings (SSSR count). The zero-order valence-corrected chi connectivity index (χ0v) is 18.9. The van der Waals surface area contributed by atoms with Crippen LogP contribution in [0.3, 0.4) is 0 Å². The van der Waals surface area contributed by atoms with Crippen LogP contribution in [0.5, 0.6) is 5.75 Å². The van der Waals surface area contributed by atoms with Crippen LogP contribution in [0.2, 0.25) is 0 Å². The van der Waals surface area contributed by atoms with Gasteiger partial charge in [-0.2, -0.15) is 0 Å². The molecule has 0 saturated carbocycles. The normalized spacial score (nSPS) is 19.8. The molecule has 0 unspecified atom stereocenters. The lowest BCUT2D eigenvalue weighted by Gasteiger charge is -2.47. The van der Waals surface area contributed by atoms with Crippen LogP contribution in [0.4, 0.5) is 0 Å². The molecule has 1 N–H and O–H groups in total. The third-order valence-corrected chi connectivity index (χ3v) is 6.97. The molecule has 6 heteroatoms. The number of nitrogens with zero attached hydrogens (tertiary/aromatic N) is 2. The molecule has 0 spiro atoms. The molecule has 3 heterocycles. The highest BCUT2D eigenvalue weighted by molar-refractivity contribution is 5.97. The van der Waals surface area contributed by atoms with Crippen LogP contribution in [0.25, 0.3) is 10.9 Å². The van der Waals surface area contributed by atoms with Crippen LogP contribution in [0, 0.1) is 0 Å². The number of H-pyrrole nitrogens is 1. The number of aromatic amines is 1. The predicted molar refractivity (Wildman–Crippen MR) is 129 cm³/mol. The second kappa shape index (κ2) is 8.06. The van der Waals surface area contributed by atoms with Crippen LogP contribution in [-0.4, -0.2) is 46.3 Å². The Balaban J connectivity index is 1.47. The van der Waals surface area contributed by atoms with E-state index in [1.807, 2.05) is 72.8 Å². The van der Waals surface area contributed by atoms with E-state index in [0.29, 0.717) is 13.0 Å². The molecule has 1 saturated heterocycles. The first-order valence-corrected chi connectivity index (χ1v) is 11.5. The third kappa shape index (κ3) is 3.25. The Morgan fingerprint density at radius 2 is 1.76 bits per heavy atom. The summed E-state index contributed by atoms with van der Waals surface area (Å²) in [6.45, 7) is 0.501. The summed E-state index contributed by atoms with van der Waals surface area (Å²) in [5, 5.41) is 1.10. The van der Waals surface area contributed by atoms with Gasteiger partial charge in [-0.1, -0.05) is 60.7 Å². The first-order chi connectivity index (χ1) is 16.6. The minimum absolute atomic E-state index is 0.00715. The minimum atomic E-state index is -0.548. The molecule has 0 aliphatic carbocycles. The Morgan fingerprint density at radius 3 is 2.59 bits per heavy atom. The van der Waals surface area contributed by atoms with Gasteiger partial charge in [0.2, 0.25) is 11.8 Å². The third-order valence-electron chi connectivity index (χ3n) is 6.97. The summed E-state index contributed by atoms with van der Waals surface area (Å²) in [5.74, 6) is 0.670. The highest BCUT2D eigenvalue weighted by atomic mass is 16.5. The number of piperazine rings is 1. The van der Waals surface area contributed by atoms with E-state index >= 15 is 0 Å². The van der Waals surface area contributed by atoms with E-state index in [4.69, 9.17) is 4.74 Å². The second-order valence-electron chi connectivity index (χ2n) is 8.94. The van der Waals surface area contributed by atoms with Crippen LogP contribution in [-0.2, 0) is 22.6 Å². The van der Waals surface area contributed by atoms with E-state index in [2.05, 4.69) is 11.1 Å². The van der Waals surface area contributed by atoms with E-state index in [0.717, 1.165) is 39.0 Å². The zero-order chi connectivity index (χ0) is 23.2. The van der Waals surface area contributed by atoms with E-state index in [9.17, 15) is 9.59 Å². The number of nitrogens with one attached hydrogen (secondary N) is 1. The number of hydrogen-bond donors (Lipinski definition) is 1. The predicted octanol–water partition coefficient (Wildman–Crippen LogP) is 4.06. The molecule has 4 aromatic rings. The number of methoxy groups -OCH3 is 1. The zero-order valence-electron chi connectivity index (χ0n) is 18.9. The van der Waals surface area contributed by atoms with Crippen molar-refractivity contribution in [2.75, 3.05) is 13.7 Å². The summed E-state index contributed by atoms with van der Waals surface area (Å²) in [6.07, 6.45) is 0.496. The Labute approximate surface area is 197 Å². The van der Waals surface area contributed by atoms with Gasteiger partial charge in [0.15, 0.2) is 0 Å². The number of carbonyl (C=O) groups excluding carboxylic acids is 2. The number of fused-ring (bicyclic) bond motifs is 4. The first kappa shape index (κ1) is 20.5. The monoisotopic (exact) mass is 451 g/mol. The summed E-state index contributed by atoms with van der Waals surface area (Å²) >= 11 is 0. The van der Waals surface area contributed by atoms with Crippen molar-refractivity contribution in [3.05, 3.63) is 101 Å². The lowest BCUT2D eigenvalue weighted by atomic mass is 9.86. The van der Waals surface area contributed by atoms with E-state index in [-0.39, 0.29) is 24.4 Å². The molecule has 170 valence electrons. The SMILES string of the molecule is COc1cccc([C@H]2c3[nH]c4ccccc4c3C[C@H]3C(=O)N(Cc4ccccc4)CC(=O)N23)c1. The number of carbonyl (C=O) groups is 2. The van der Waals surface area contributed by atoms with Crippen LogP contribution < -0.4 is 4.74 Å². The van der Waals surface area contributed by atoms with Crippen LogP contribution in [0.1, 0.15) is 28.4 Å². The average molecular weight is 452 g/mol. The van der Waals surface area contributed by atoms with Crippen molar-refractivity contribution in [1.82, 2.24) is 14.8 Å². The fourth-order valence-electron chi connectivity index (χ4n) is 5.42. The summed E-state index contributed by atoms with van der Waals surface area (Å²) in [6, 6.07) is 24.8. The second-order valence-corrected chi connectivity index (χ2v) is 8.94. The number of hydrogen-bond acceptors (Lipinski definition) is 3. The molecule has 2 aliphatic heterocycles. The molecular weight excluding hydrogens is 426 g/mol. The summed E-state index contributed by atoms with van der Waals surface area (Å²) < 4.78 is 5.47. The fourth-order valence-corrected chi connectivity index (χ4v) is 5.42. The standard InChI is InChI=1S/C28H25N3O3/c1-34-20-11-7-10-19(14-20)27-26-22(21-12-5-6-13-23(21)29-26)15-24-28(33)30(17-25(32)31(24)27)16-18-8-3-2-4-9-18/h2-14,24,27,29H,15-17H2,1H3/t24-,27-/m0/s1. The van der Waals surface area contributed by atoms with Crippen molar-refractivity contribution in [2.24, 2.45) is 0 Å². The number of benzene rings is 3. The molecule has 2 aliphatic rings. The number of ether oxygens (including phenoxy) is 1. The maximum atomic E-state index is 13.8. The first-order valence-electron chi connectivity index (χ1n) is 11.5. The highest BCUT2D eigenvalue weighted by Gasteiger charge is 2.48. The van der Waals surface area contributed by atoms with Gasteiger partial charge in [0.25, 0.3) is 0 Å². The Bertz CT molecular complexity index is 1390. The average Bonchev–Trinajstić information content (AvgIpc) is 3.25. The Morgan fingerprint density at radius 1 is 0.971 bits per heavy atom. The van der Waals surface area contributed by atoms with Gasteiger partial charge in [-0.3, -0.25) is 9.59 Å². The minimum Gasteiger partial charge on any atom is -0.497 e. The fraction of sp³-hybridized carbons (Fsp3) is 0.214. The van der Waals surface area contributed by atoms with Gasteiger partial charge in [0.1, 0.15) is 18.3 Å². The number of aromatic nitrogens is 1. The quantitative estimate of drug-likeness (QED) is 0.509. The maximum absolute atomic E-state index is 13.8. The van der Waals surface area contributed by atoms with Gasteiger partial charge < -0.3 is 19.5 Å². The van der Waals surface area contributed by atoms with Gasteiger partial charge in [-0.15, -0.1) is 0 Å². The number of para-hydroxylation sites is 1. The lowest BCUT2D eigenvalue weighted by Crippen LogP contribution is -2.62. The lowest BCUT2D eigenvalue weighted by molar-refractivity contribution is -0.159. The Kier molecular flexibility index (Phi) is 4.87. The van der Waals surface area contributed by atoms with E-state index < -0.39 is 6.04 Å². The van der Waals surface area contributed by atoms with Crippen molar-refractivity contribution < 1.29 is 14.3 Å². The van der Waals surface area contributed by atoms with E-state index in [1.165, 1.54) is 0 Å². The smallest absolute Gasteiger partial charge is 0.246 e. The van der Waals surface area contributed by atoms with Gasteiger partial charge >= 0.3 is 0 Å². The van der Waals surface area contributed by atoms with Gasteiger partial charge in [-0.25, -0.2) is 0 Å². The molecule has 0 bridgehead atoms. The molecule has 1 fully saturated rings. The van der Waals surface area contributed by atoms with Crippen LogP contribution in [0.15, 0.2) is 78.9 Å². The van der Waals surface area contributed by atoms with Crippen molar-refractivity contribution in [1.29, 1.82) is 0 Å². The van der Waals surface area contributed by atoms with Crippen molar-refractivity contribution in [3.63, 3.8) is 0 Å². The topological polar surface area (TPSA) is 65.6 Å². The maximum Gasteiger partial charge on any atom is 0.246 e. The summed E-state index contributed by atoms with van der Waals surface area (Å²) in [5.41, 5.74) is 5.04. The molecular formula is C28H25N3O3. The number of amides is 2. The summed E-state index contributed by atoms with van der Waals surface area (Å²) in [7, 11) is 1.63. The van der Waals surface area contributed by atoms with Gasteiger partial charge in [0, 0.05) is 29.6 Å². The van der Waals surface area contributed by atoms with Crippen LogP contribution >= 0.6 is 0 Å². The molecule has 2 atom stereocenters. The van der Waals surface area contributed by atoms with Crippen molar-refractivity contribution in [2.45, 2.75) is 25.0 Å². The van der Waals surface area contributed by atoms with E-state index in [1.54, 1.807) is 16.9 Å². The van der Waals surface area contributed by atoms with Crippen molar-refractivity contribution >= 4 is 22.7 Å². The largest absolute Gasteiger partial charge is 0.497 e. The summed E-state index contributed by atoms with van der Waals surface area (Å²) in [4.78, 5) is 34.4. The van der Waals surface area contributed by atoms with Crippen molar-refractivity contribution in [3.8, 4) is 5.75 Å². The van der Waals surface area contributed by atoms with Gasteiger partial charge in [0.05, 0.1) is 13.2 Å². The van der Waals surface area contributed by atoms with Gasteiger partial charge in [-0.05, 0) is 34.9 Å². The Hall–Kier alpha value is -4.06. The molecule has 0 radical (unpaired) electrons.